The minimum atomic E-state index is 0.556. The van der Waals surface area contributed by atoms with Crippen LogP contribution in [-0.4, -0.2) is 62.2 Å². The second-order valence-corrected chi connectivity index (χ2v) is 7.30. The summed E-state index contributed by atoms with van der Waals surface area (Å²) >= 11 is 0. The van der Waals surface area contributed by atoms with Crippen molar-refractivity contribution in [1.82, 2.24) is 9.80 Å². The summed E-state index contributed by atoms with van der Waals surface area (Å²) in [4.78, 5) is 5.20. The molecular weight excluding hydrogens is 334 g/mol. The van der Waals surface area contributed by atoms with Crippen molar-refractivity contribution in [2.75, 3.05) is 52.4 Å². The quantitative estimate of drug-likeness (QED) is 0.701. The monoisotopic (exact) mass is 367 g/mol. The van der Waals surface area contributed by atoms with E-state index in [9.17, 15) is 0 Å². The lowest BCUT2D eigenvalue weighted by Crippen LogP contribution is -2.47. The molecule has 146 valence electrons. The minimum absolute atomic E-state index is 0.556. The van der Waals surface area contributed by atoms with Gasteiger partial charge in [-0.2, -0.15) is 0 Å². The lowest BCUT2D eigenvalue weighted by Gasteiger charge is -2.34. The van der Waals surface area contributed by atoms with Crippen molar-refractivity contribution in [3.8, 4) is 5.75 Å². The van der Waals surface area contributed by atoms with Gasteiger partial charge in [0.25, 0.3) is 0 Å². The number of nitrogens with two attached hydrogens (primary N) is 1. The number of aryl methyl sites for hydroxylation is 1. The third-order valence-electron chi connectivity index (χ3n) is 5.27. The highest BCUT2D eigenvalue weighted by atomic mass is 16.5. The number of hydrogen-bond donors (Lipinski definition) is 1. The molecule has 27 heavy (non-hydrogen) atoms. The van der Waals surface area contributed by atoms with E-state index < -0.39 is 0 Å². The molecule has 0 amide bonds. The number of benzene rings is 2. The smallest absolute Gasteiger partial charge is 0.119 e. The molecule has 1 aliphatic rings. The second kappa shape index (κ2) is 11.1. The molecule has 0 radical (unpaired) electrons. The van der Waals surface area contributed by atoms with Gasteiger partial charge in [-0.15, -0.1) is 0 Å². The van der Waals surface area contributed by atoms with Crippen LogP contribution in [0.2, 0.25) is 0 Å². The Morgan fingerprint density at radius 1 is 0.741 bits per heavy atom. The fourth-order valence-corrected chi connectivity index (χ4v) is 3.60. The molecule has 0 spiro atoms. The predicted octanol–water partition coefficient (Wildman–Crippen LogP) is 2.82. The summed E-state index contributed by atoms with van der Waals surface area (Å²) in [6.45, 7) is 8.25. The van der Waals surface area contributed by atoms with Gasteiger partial charge in [-0.25, -0.2) is 0 Å². The van der Waals surface area contributed by atoms with Crippen molar-refractivity contribution in [2.45, 2.75) is 19.3 Å². The van der Waals surface area contributed by atoms with E-state index in [0.717, 1.165) is 18.7 Å². The fourth-order valence-electron chi connectivity index (χ4n) is 3.60. The van der Waals surface area contributed by atoms with E-state index in [-0.39, 0.29) is 0 Å². The lowest BCUT2D eigenvalue weighted by molar-refractivity contribution is 0.132. The molecule has 4 heteroatoms. The average molecular weight is 368 g/mol. The summed E-state index contributed by atoms with van der Waals surface area (Å²) in [5.74, 6) is 0.910. The Hall–Kier alpha value is -1.88. The van der Waals surface area contributed by atoms with E-state index in [4.69, 9.17) is 10.5 Å². The van der Waals surface area contributed by atoms with Gasteiger partial charge in [0.1, 0.15) is 12.4 Å². The maximum Gasteiger partial charge on any atom is 0.119 e. The highest BCUT2D eigenvalue weighted by molar-refractivity contribution is 5.27. The van der Waals surface area contributed by atoms with Gasteiger partial charge in [0, 0.05) is 39.3 Å². The van der Waals surface area contributed by atoms with Crippen molar-refractivity contribution in [3.63, 3.8) is 0 Å². The molecule has 2 aromatic carbocycles. The van der Waals surface area contributed by atoms with Gasteiger partial charge >= 0.3 is 0 Å². The molecule has 2 N–H and O–H groups in total. The lowest BCUT2D eigenvalue weighted by atomic mass is 10.1. The van der Waals surface area contributed by atoms with Crippen molar-refractivity contribution in [3.05, 3.63) is 65.7 Å². The number of rotatable bonds is 10. The number of ether oxygens (including phenoxy) is 1. The molecule has 2 aromatic rings. The Morgan fingerprint density at radius 3 is 2.04 bits per heavy atom. The van der Waals surface area contributed by atoms with Gasteiger partial charge in [0.05, 0.1) is 0 Å². The van der Waals surface area contributed by atoms with Gasteiger partial charge in [-0.3, -0.25) is 0 Å². The zero-order chi connectivity index (χ0) is 18.7. The molecule has 0 aromatic heterocycles. The van der Waals surface area contributed by atoms with Crippen molar-refractivity contribution in [2.24, 2.45) is 5.73 Å². The summed E-state index contributed by atoms with van der Waals surface area (Å²) in [7, 11) is 0. The highest BCUT2D eigenvalue weighted by Crippen LogP contribution is 2.13. The first-order valence-corrected chi connectivity index (χ1v) is 10.2. The Bertz CT molecular complexity index is 636. The van der Waals surface area contributed by atoms with Crippen LogP contribution in [0.1, 0.15) is 17.5 Å². The Balaban J connectivity index is 1.30. The van der Waals surface area contributed by atoms with Crippen LogP contribution < -0.4 is 10.5 Å². The van der Waals surface area contributed by atoms with Crippen LogP contribution >= 0.6 is 0 Å². The summed E-state index contributed by atoms with van der Waals surface area (Å²) in [6, 6.07) is 19.3. The molecular formula is C23H33N3O. The molecule has 0 unspecified atom stereocenters. The largest absolute Gasteiger partial charge is 0.492 e. The molecule has 1 heterocycles. The molecule has 0 saturated carbocycles. The van der Waals surface area contributed by atoms with Crippen LogP contribution in [0.4, 0.5) is 0 Å². The molecule has 1 saturated heterocycles. The zero-order valence-corrected chi connectivity index (χ0v) is 16.4. The topological polar surface area (TPSA) is 41.7 Å². The number of hydrogen-bond acceptors (Lipinski definition) is 4. The average Bonchev–Trinajstić information content (AvgIpc) is 2.73. The SMILES string of the molecule is NCCOc1ccc(CCN2CCN(CCCc3ccccc3)CC2)cc1. The van der Waals surface area contributed by atoms with E-state index in [1.807, 2.05) is 0 Å². The summed E-state index contributed by atoms with van der Waals surface area (Å²) in [5.41, 5.74) is 8.30. The third-order valence-corrected chi connectivity index (χ3v) is 5.27. The van der Waals surface area contributed by atoms with E-state index >= 15 is 0 Å². The van der Waals surface area contributed by atoms with Gasteiger partial charge in [-0.05, 0) is 49.1 Å². The first-order chi connectivity index (χ1) is 13.3. The highest BCUT2D eigenvalue weighted by Gasteiger charge is 2.16. The van der Waals surface area contributed by atoms with E-state index in [2.05, 4.69) is 64.4 Å². The van der Waals surface area contributed by atoms with Crippen LogP contribution in [0.15, 0.2) is 54.6 Å². The van der Waals surface area contributed by atoms with Gasteiger partial charge in [0.15, 0.2) is 0 Å². The standard InChI is InChI=1S/C23H33N3O/c24-13-20-27-23-10-8-22(9-11-23)12-15-26-18-16-25(17-19-26)14-4-7-21-5-2-1-3-6-21/h1-3,5-6,8-11H,4,7,12-20,24H2. The normalized spacial score (nSPS) is 15.7. The molecule has 4 nitrogen and oxygen atoms in total. The molecule has 1 aliphatic heterocycles. The summed E-state index contributed by atoms with van der Waals surface area (Å²) in [5, 5.41) is 0. The van der Waals surface area contributed by atoms with E-state index in [1.54, 1.807) is 0 Å². The first-order valence-electron chi connectivity index (χ1n) is 10.2. The van der Waals surface area contributed by atoms with Crippen molar-refractivity contribution >= 4 is 0 Å². The Labute approximate surface area is 163 Å². The van der Waals surface area contributed by atoms with Crippen LogP contribution in [0.3, 0.4) is 0 Å². The van der Waals surface area contributed by atoms with Crippen LogP contribution in [0.5, 0.6) is 5.75 Å². The molecule has 0 aliphatic carbocycles. The Morgan fingerprint density at radius 2 is 1.37 bits per heavy atom. The van der Waals surface area contributed by atoms with E-state index in [0.29, 0.717) is 13.2 Å². The van der Waals surface area contributed by atoms with Crippen LogP contribution in [-0.2, 0) is 12.8 Å². The van der Waals surface area contributed by atoms with Gasteiger partial charge < -0.3 is 20.3 Å². The van der Waals surface area contributed by atoms with Crippen molar-refractivity contribution < 1.29 is 4.74 Å². The maximum atomic E-state index is 5.54. The van der Waals surface area contributed by atoms with Gasteiger partial charge in [-0.1, -0.05) is 42.5 Å². The number of nitrogens with zero attached hydrogens (tertiary/aromatic N) is 2. The molecule has 3 rings (SSSR count). The predicted molar refractivity (Wildman–Crippen MR) is 112 cm³/mol. The van der Waals surface area contributed by atoms with Crippen molar-refractivity contribution in [1.29, 1.82) is 0 Å². The summed E-state index contributed by atoms with van der Waals surface area (Å²) < 4.78 is 5.54. The third kappa shape index (κ3) is 6.98. The van der Waals surface area contributed by atoms with E-state index in [1.165, 1.54) is 56.7 Å². The minimum Gasteiger partial charge on any atom is -0.492 e. The Kier molecular flexibility index (Phi) is 8.15. The van der Waals surface area contributed by atoms with Crippen LogP contribution in [0.25, 0.3) is 0 Å². The fraction of sp³-hybridized carbons (Fsp3) is 0.478. The summed E-state index contributed by atoms with van der Waals surface area (Å²) in [6.07, 6.45) is 3.54. The molecule has 0 bridgehead atoms. The zero-order valence-electron chi connectivity index (χ0n) is 16.4. The maximum absolute atomic E-state index is 5.54. The second-order valence-electron chi connectivity index (χ2n) is 7.30. The first kappa shape index (κ1) is 19.9. The van der Waals surface area contributed by atoms with Crippen LogP contribution in [0, 0.1) is 0 Å². The number of piperazine rings is 1. The van der Waals surface area contributed by atoms with Gasteiger partial charge in [0.2, 0.25) is 0 Å². The molecule has 1 fully saturated rings. The molecule has 0 atom stereocenters.